The summed E-state index contributed by atoms with van der Waals surface area (Å²) in [5.74, 6) is 1.51. The third-order valence-corrected chi connectivity index (χ3v) is 10.9. The first-order chi connectivity index (χ1) is 24.8. The third-order valence-electron chi connectivity index (χ3n) is 9.54. The molecule has 2 aliphatic rings. The number of hydrogen-bond acceptors (Lipinski definition) is 10. The van der Waals surface area contributed by atoms with E-state index in [1.807, 2.05) is 61.8 Å². The number of aromatic amines is 1. The molecule has 2 N–H and O–H groups in total. The average Bonchev–Trinajstić information content (AvgIpc) is 3.89. The van der Waals surface area contributed by atoms with Gasteiger partial charge in [0.1, 0.15) is 18.8 Å². The van der Waals surface area contributed by atoms with Gasteiger partial charge in [-0.1, -0.05) is 30.3 Å². The average molecular weight is 708 g/mol. The predicted molar refractivity (Wildman–Crippen MR) is 202 cm³/mol. The number of ether oxygens (including phenoxy) is 2. The molecule has 2 aliphatic heterocycles. The molecule has 0 aliphatic carbocycles. The standard InChI is InChI=1S/C38H45N9O3S/c1-26(2)50-34-12-9-30(20-39-34)36-32-19-31(10-11-33(32)42-43-36)41-25-49-23-38(51-4)15-18-46(22-38)21-35(48)47-16-13-28(14-17-47)27-5-7-29(8-6-27)37-40-24-45(3)44-37/h5-13,19-20,24,26,41H,14-18,21-23,25H2,1-4H3,(H,42,43)/t38-/m0/s1. The van der Waals surface area contributed by atoms with Crippen molar-refractivity contribution in [2.24, 2.45) is 7.05 Å². The van der Waals surface area contributed by atoms with E-state index in [9.17, 15) is 4.79 Å². The maximum Gasteiger partial charge on any atom is 0.237 e. The van der Waals surface area contributed by atoms with Crippen molar-refractivity contribution in [3.63, 3.8) is 0 Å². The van der Waals surface area contributed by atoms with Gasteiger partial charge in [0.25, 0.3) is 0 Å². The number of benzene rings is 2. The van der Waals surface area contributed by atoms with Crippen molar-refractivity contribution < 1.29 is 14.3 Å². The van der Waals surface area contributed by atoms with Gasteiger partial charge in [0.05, 0.1) is 29.5 Å². The second-order valence-electron chi connectivity index (χ2n) is 13.5. The number of fused-ring (bicyclic) bond motifs is 1. The minimum atomic E-state index is -0.0476. The number of aryl methyl sites for hydroxylation is 1. The van der Waals surface area contributed by atoms with Crippen molar-refractivity contribution in [1.29, 1.82) is 0 Å². The van der Waals surface area contributed by atoms with Crippen molar-refractivity contribution >= 4 is 39.8 Å². The van der Waals surface area contributed by atoms with E-state index < -0.39 is 0 Å². The number of amides is 1. The lowest BCUT2D eigenvalue weighted by Gasteiger charge is -2.30. The van der Waals surface area contributed by atoms with Crippen molar-refractivity contribution in [1.82, 2.24) is 39.7 Å². The zero-order chi connectivity index (χ0) is 35.4. The van der Waals surface area contributed by atoms with Crippen molar-refractivity contribution in [2.45, 2.75) is 37.5 Å². The summed E-state index contributed by atoms with van der Waals surface area (Å²) in [6.45, 7) is 8.46. The number of carbonyl (C=O) groups excluding carboxylic acids is 1. The monoisotopic (exact) mass is 707 g/mol. The highest BCUT2D eigenvalue weighted by Gasteiger charge is 2.39. The Bertz CT molecular complexity index is 1990. The van der Waals surface area contributed by atoms with Crippen molar-refractivity contribution in [3.8, 4) is 28.5 Å². The number of anilines is 1. The molecule has 1 atom stereocenters. The highest BCUT2D eigenvalue weighted by molar-refractivity contribution is 8.00. The summed E-state index contributed by atoms with van der Waals surface area (Å²) < 4.78 is 13.6. The summed E-state index contributed by atoms with van der Waals surface area (Å²) >= 11 is 1.83. The minimum absolute atomic E-state index is 0.0476. The third kappa shape index (κ3) is 8.11. The zero-order valence-corrected chi connectivity index (χ0v) is 30.4. The van der Waals surface area contributed by atoms with Crippen LogP contribution in [0.2, 0.25) is 0 Å². The highest BCUT2D eigenvalue weighted by Crippen LogP contribution is 2.35. The largest absolute Gasteiger partial charge is 0.475 e. The van der Waals surface area contributed by atoms with Crippen LogP contribution >= 0.6 is 11.8 Å². The summed E-state index contributed by atoms with van der Waals surface area (Å²) in [4.78, 5) is 26.4. The van der Waals surface area contributed by atoms with E-state index in [1.165, 1.54) is 11.1 Å². The fraction of sp³-hybridized carbons (Fsp3) is 0.395. The van der Waals surface area contributed by atoms with Gasteiger partial charge in [-0.2, -0.15) is 22.0 Å². The van der Waals surface area contributed by atoms with E-state index in [0.29, 0.717) is 32.3 Å². The molecule has 0 spiro atoms. The van der Waals surface area contributed by atoms with Gasteiger partial charge >= 0.3 is 0 Å². The molecule has 3 aromatic heterocycles. The second kappa shape index (κ2) is 15.3. The molecule has 12 nitrogen and oxygen atoms in total. The first-order valence-corrected chi connectivity index (χ1v) is 18.6. The molecule has 1 fully saturated rings. The Hall–Kier alpha value is -4.72. The van der Waals surface area contributed by atoms with Gasteiger partial charge in [-0.3, -0.25) is 19.5 Å². The van der Waals surface area contributed by atoms with Gasteiger partial charge in [-0.15, -0.1) is 0 Å². The first kappa shape index (κ1) is 34.7. The Balaban J connectivity index is 0.876. The number of aromatic nitrogens is 6. The number of H-pyrrole nitrogens is 1. The maximum atomic E-state index is 13.3. The van der Waals surface area contributed by atoms with Crippen LogP contribution < -0.4 is 10.1 Å². The molecule has 7 rings (SSSR count). The van der Waals surface area contributed by atoms with Gasteiger partial charge in [0, 0.05) is 67.7 Å². The van der Waals surface area contributed by atoms with Gasteiger partial charge in [0.15, 0.2) is 5.82 Å². The zero-order valence-electron chi connectivity index (χ0n) is 29.6. The molecule has 5 aromatic rings. The number of likely N-dealkylation sites (tertiary alicyclic amines) is 1. The molecular formula is C38H45N9O3S. The van der Waals surface area contributed by atoms with E-state index >= 15 is 0 Å². The lowest BCUT2D eigenvalue weighted by molar-refractivity contribution is -0.131. The molecular weight excluding hydrogens is 663 g/mol. The molecule has 51 heavy (non-hydrogen) atoms. The lowest BCUT2D eigenvalue weighted by Crippen LogP contribution is -2.43. The van der Waals surface area contributed by atoms with Crippen LogP contribution in [-0.2, 0) is 16.6 Å². The normalized spacial score (nSPS) is 18.1. The van der Waals surface area contributed by atoms with Crippen LogP contribution in [0.1, 0.15) is 32.3 Å². The van der Waals surface area contributed by atoms with Gasteiger partial charge in [-0.05, 0) is 68.3 Å². The fourth-order valence-corrected chi connectivity index (χ4v) is 7.52. The smallest absolute Gasteiger partial charge is 0.237 e. The quantitative estimate of drug-likeness (QED) is 0.116. The Labute approximate surface area is 302 Å². The molecule has 0 unspecified atom stereocenters. The van der Waals surface area contributed by atoms with Crippen LogP contribution in [0.25, 0.3) is 39.1 Å². The van der Waals surface area contributed by atoms with E-state index in [0.717, 1.165) is 71.7 Å². The highest BCUT2D eigenvalue weighted by atomic mass is 32.2. The number of hydrogen-bond donors (Lipinski definition) is 2. The van der Waals surface area contributed by atoms with Crippen LogP contribution in [0, 0.1) is 0 Å². The van der Waals surface area contributed by atoms with Gasteiger partial charge in [0.2, 0.25) is 11.8 Å². The molecule has 1 saturated heterocycles. The number of carbonyl (C=O) groups is 1. The number of pyridine rings is 1. The second-order valence-corrected chi connectivity index (χ2v) is 14.8. The van der Waals surface area contributed by atoms with Crippen LogP contribution in [0.3, 0.4) is 0 Å². The Morgan fingerprint density at radius 3 is 2.59 bits per heavy atom. The van der Waals surface area contributed by atoms with E-state index in [1.54, 1.807) is 17.2 Å². The summed E-state index contributed by atoms with van der Waals surface area (Å²) in [5, 5.41) is 16.5. The number of nitrogens with zero attached hydrogens (tertiary/aromatic N) is 7. The summed E-state index contributed by atoms with van der Waals surface area (Å²) in [6, 6.07) is 18.3. The molecule has 0 radical (unpaired) electrons. The molecule has 0 bridgehead atoms. The minimum Gasteiger partial charge on any atom is -0.475 e. The van der Waals surface area contributed by atoms with E-state index in [-0.39, 0.29) is 16.8 Å². The molecule has 0 saturated carbocycles. The fourth-order valence-electron chi connectivity index (χ4n) is 6.71. The molecule has 2 aromatic carbocycles. The topological polar surface area (TPSA) is 126 Å². The molecule has 1 amide bonds. The SMILES string of the molecule is CS[C@@]1(COCNc2ccc3[nH]nc(-c4ccc(OC(C)C)nc4)c3c2)CCN(CC(=O)N2CC=C(c3ccc(-c4ncn(C)n4)cc3)CC2)C1. The van der Waals surface area contributed by atoms with Crippen LogP contribution in [0.5, 0.6) is 5.88 Å². The number of thioether (sulfide) groups is 1. The Kier molecular flexibility index (Phi) is 10.4. The van der Waals surface area contributed by atoms with Crippen LogP contribution in [0.4, 0.5) is 5.69 Å². The predicted octanol–water partition coefficient (Wildman–Crippen LogP) is 5.72. The summed E-state index contributed by atoms with van der Waals surface area (Å²) in [7, 11) is 1.87. The van der Waals surface area contributed by atoms with E-state index in [4.69, 9.17) is 9.47 Å². The molecule has 5 heterocycles. The lowest BCUT2D eigenvalue weighted by atomic mass is 9.98. The Morgan fingerprint density at radius 2 is 1.88 bits per heavy atom. The summed E-state index contributed by atoms with van der Waals surface area (Å²) in [6.07, 6.45) is 9.72. The number of nitrogens with one attached hydrogen (secondary N) is 2. The van der Waals surface area contributed by atoms with Crippen molar-refractivity contribution in [3.05, 3.63) is 78.8 Å². The van der Waals surface area contributed by atoms with Gasteiger partial charge in [-0.25, -0.2) is 9.97 Å². The van der Waals surface area contributed by atoms with Gasteiger partial charge < -0.3 is 19.7 Å². The first-order valence-electron chi connectivity index (χ1n) is 17.4. The van der Waals surface area contributed by atoms with Crippen LogP contribution in [0.15, 0.2) is 73.2 Å². The Morgan fingerprint density at radius 1 is 1.06 bits per heavy atom. The maximum absolute atomic E-state index is 13.3. The van der Waals surface area contributed by atoms with E-state index in [2.05, 4.69) is 78.1 Å². The number of rotatable bonds is 13. The summed E-state index contributed by atoms with van der Waals surface area (Å²) in [5.41, 5.74) is 7.11. The molecule has 266 valence electrons. The van der Waals surface area contributed by atoms with Crippen molar-refractivity contribution in [2.75, 3.05) is 57.6 Å². The molecule has 13 heteroatoms. The van der Waals surface area contributed by atoms with Crippen LogP contribution in [-0.4, -0.2) is 109 Å².